The molecule has 0 aliphatic heterocycles. The van der Waals surface area contributed by atoms with Crippen LogP contribution in [-0.4, -0.2) is 70.7 Å². The summed E-state index contributed by atoms with van der Waals surface area (Å²) >= 11 is 0. The number of hydrogen-bond acceptors (Lipinski definition) is 7. The lowest BCUT2D eigenvalue weighted by atomic mass is 10.0. The van der Waals surface area contributed by atoms with E-state index in [0.29, 0.717) is 24.1 Å². The molecule has 0 aliphatic rings. The smallest absolute Gasteiger partial charge is 0.306 e. The van der Waals surface area contributed by atoms with Crippen molar-refractivity contribution in [2.24, 2.45) is 0 Å². The molecule has 9 heteroatoms. The number of nitrogens with zero attached hydrogens (tertiary/aromatic N) is 1. The lowest BCUT2D eigenvalue weighted by molar-refractivity contribution is -0.870. The fourth-order valence-electron chi connectivity index (χ4n) is 7.72. The second kappa shape index (κ2) is 48.9. The van der Waals surface area contributed by atoms with Gasteiger partial charge in [-0.3, -0.25) is 9.36 Å². The number of phosphoric acid groups is 1. The van der Waals surface area contributed by atoms with Crippen molar-refractivity contribution in [3.63, 3.8) is 0 Å². The first-order valence-corrected chi connectivity index (χ1v) is 28.8. The quantitative estimate of drug-likeness (QED) is 0.0197. The first kappa shape index (κ1) is 63.5. The maximum absolute atomic E-state index is 12.8. The highest BCUT2D eigenvalue weighted by molar-refractivity contribution is 7.45. The van der Waals surface area contributed by atoms with Gasteiger partial charge in [0.05, 0.1) is 34.4 Å². The lowest BCUT2D eigenvalue weighted by Gasteiger charge is -2.28. The second-order valence-corrected chi connectivity index (χ2v) is 21.0. The Morgan fingerprint density at radius 2 is 0.892 bits per heavy atom. The van der Waals surface area contributed by atoms with Gasteiger partial charge < -0.3 is 27.9 Å². The second-order valence-electron chi connectivity index (χ2n) is 19.6. The Hall–Kier alpha value is -1.54. The molecule has 0 amide bonds. The van der Waals surface area contributed by atoms with E-state index in [-0.39, 0.29) is 25.8 Å². The third kappa shape index (κ3) is 53.3. The Labute approximate surface area is 403 Å². The van der Waals surface area contributed by atoms with Crippen LogP contribution in [0.1, 0.15) is 245 Å². The molecule has 0 spiro atoms. The van der Waals surface area contributed by atoms with Gasteiger partial charge in [0.15, 0.2) is 0 Å². The normalized spacial score (nSPS) is 13.9. The van der Waals surface area contributed by atoms with Crippen LogP contribution < -0.4 is 4.89 Å². The zero-order valence-corrected chi connectivity index (χ0v) is 44.3. The van der Waals surface area contributed by atoms with E-state index in [1.807, 2.05) is 21.1 Å². The zero-order chi connectivity index (χ0) is 47.6. The Bertz CT molecular complexity index is 1180. The average Bonchev–Trinajstić information content (AvgIpc) is 3.27. The topological polar surface area (TPSA) is 94.1 Å². The lowest BCUT2D eigenvalue weighted by Crippen LogP contribution is -2.37. The van der Waals surface area contributed by atoms with Gasteiger partial charge in [-0.25, -0.2) is 0 Å². The minimum absolute atomic E-state index is 0.0262. The Balaban J connectivity index is 4.08. The maximum Gasteiger partial charge on any atom is 0.306 e. The van der Waals surface area contributed by atoms with Crippen LogP contribution in [0.3, 0.4) is 0 Å². The van der Waals surface area contributed by atoms with E-state index in [4.69, 9.17) is 18.5 Å². The Kier molecular flexibility index (Phi) is 47.7. The van der Waals surface area contributed by atoms with Gasteiger partial charge in [-0.15, -0.1) is 0 Å². The molecule has 0 N–H and O–H groups in total. The minimum atomic E-state index is -4.53. The maximum atomic E-state index is 12.8. The number of esters is 1. The summed E-state index contributed by atoms with van der Waals surface area (Å²) in [7, 11) is 1.36. The molecule has 0 heterocycles. The van der Waals surface area contributed by atoms with Crippen LogP contribution in [0.15, 0.2) is 48.6 Å². The highest BCUT2D eigenvalue weighted by Crippen LogP contribution is 2.38. The summed E-state index contributed by atoms with van der Waals surface area (Å²) < 4.78 is 34.8. The molecule has 8 nitrogen and oxygen atoms in total. The van der Waals surface area contributed by atoms with Crippen LogP contribution in [0, 0.1) is 0 Å². The van der Waals surface area contributed by atoms with Crippen molar-refractivity contribution in [2.45, 2.75) is 251 Å². The molecule has 0 aliphatic carbocycles. The molecule has 0 aromatic carbocycles. The average molecular weight is 936 g/mol. The molecule has 382 valence electrons. The molecular formula is C56H106NO7P. The van der Waals surface area contributed by atoms with Gasteiger partial charge in [0.1, 0.15) is 19.3 Å². The van der Waals surface area contributed by atoms with E-state index >= 15 is 0 Å². The Morgan fingerprint density at radius 3 is 1.34 bits per heavy atom. The minimum Gasteiger partial charge on any atom is -0.756 e. The number of likely N-dealkylation sites (N-methyl/N-ethyl adjacent to an activating group) is 1. The zero-order valence-electron chi connectivity index (χ0n) is 43.4. The van der Waals surface area contributed by atoms with Crippen molar-refractivity contribution in [2.75, 3.05) is 54.1 Å². The molecule has 0 saturated heterocycles. The van der Waals surface area contributed by atoms with Crippen LogP contribution in [0.25, 0.3) is 0 Å². The highest BCUT2D eigenvalue weighted by atomic mass is 31.2. The molecule has 0 rings (SSSR count). The highest BCUT2D eigenvalue weighted by Gasteiger charge is 2.20. The van der Waals surface area contributed by atoms with Crippen LogP contribution in [-0.2, 0) is 27.9 Å². The van der Waals surface area contributed by atoms with Crippen molar-refractivity contribution < 1.29 is 37.3 Å². The van der Waals surface area contributed by atoms with Gasteiger partial charge >= 0.3 is 5.97 Å². The number of quaternary nitrogens is 1. The third-order valence-corrected chi connectivity index (χ3v) is 12.9. The SMILES string of the molecule is CC/C=C\C/C=C\C/C=C\C/C=C\CCCCCCCCCCCCCOCC(COP(=O)([O-])OCC[N+](C)(C)C)OC(=O)CCCCCCCCCCCCCCCCCCCCC. The van der Waals surface area contributed by atoms with E-state index in [1.165, 1.54) is 167 Å². The van der Waals surface area contributed by atoms with Gasteiger partial charge in [0.25, 0.3) is 7.82 Å². The van der Waals surface area contributed by atoms with Gasteiger partial charge in [0, 0.05) is 13.0 Å². The molecule has 65 heavy (non-hydrogen) atoms. The summed E-state index contributed by atoms with van der Waals surface area (Å²) in [6, 6.07) is 0. The van der Waals surface area contributed by atoms with Crippen molar-refractivity contribution in [3.8, 4) is 0 Å². The fraction of sp³-hybridized carbons (Fsp3) is 0.839. The van der Waals surface area contributed by atoms with Gasteiger partial charge in [-0.1, -0.05) is 236 Å². The molecule has 2 unspecified atom stereocenters. The number of unbranched alkanes of at least 4 members (excludes halogenated alkanes) is 29. The summed E-state index contributed by atoms with van der Waals surface area (Å²) in [6.07, 6.45) is 61.4. The van der Waals surface area contributed by atoms with Crippen molar-refractivity contribution in [1.82, 2.24) is 0 Å². The first-order valence-electron chi connectivity index (χ1n) is 27.4. The molecule has 2 atom stereocenters. The van der Waals surface area contributed by atoms with Gasteiger partial charge in [0.2, 0.25) is 0 Å². The fourth-order valence-corrected chi connectivity index (χ4v) is 8.45. The summed E-state index contributed by atoms with van der Waals surface area (Å²) in [5, 5.41) is 0. The van der Waals surface area contributed by atoms with E-state index in [0.717, 1.165) is 57.8 Å². The van der Waals surface area contributed by atoms with Crippen LogP contribution in [0.5, 0.6) is 0 Å². The Morgan fingerprint density at radius 1 is 0.492 bits per heavy atom. The number of ether oxygens (including phenoxy) is 2. The van der Waals surface area contributed by atoms with E-state index in [9.17, 15) is 14.3 Å². The third-order valence-electron chi connectivity index (χ3n) is 11.9. The monoisotopic (exact) mass is 936 g/mol. The summed E-state index contributed by atoms with van der Waals surface area (Å²) in [5.41, 5.74) is 0. The van der Waals surface area contributed by atoms with Crippen LogP contribution >= 0.6 is 7.82 Å². The van der Waals surface area contributed by atoms with Crippen molar-refractivity contribution in [1.29, 1.82) is 0 Å². The number of phosphoric ester groups is 1. The molecule has 0 saturated carbocycles. The van der Waals surface area contributed by atoms with Crippen molar-refractivity contribution in [3.05, 3.63) is 48.6 Å². The first-order chi connectivity index (χ1) is 31.6. The summed E-state index contributed by atoms with van der Waals surface area (Å²) in [6.45, 7) is 5.34. The predicted octanol–water partition coefficient (Wildman–Crippen LogP) is 16.4. The largest absolute Gasteiger partial charge is 0.756 e. The number of allylic oxidation sites excluding steroid dienone is 8. The van der Waals surface area contributed by atoms with E-state index in [1.54, 1.807) is 0 Å². The van der Waals surface area contributed by atoms with Crippen LogP contribution in [0.2, 0.25) is 0 Å². The number of carbonyl (C=O) groups is 1. The molecular weight excluding hydrogens is 830 g/mol. The molecule has 0 fully saturated rings. The molecule has 0 bridgehead atoms. The molecule has 0 aromatic rings. The van der Waals surface area contributed by atoms with Crippen molar-refractivity contribution >= 4 is 13.8 Å². The summed E-state index contributed by atoms with van der Waals surface area (Å²) in [5.74, 6) is -0.331. The molecule has 0 radical (unpaired) electrons. The number of carbonyl (C=O) groups excluding carboxylic acids is 1. The standard InChI is InChI=1S/C56H106NO7P/c1-6-8-10-12-14-16-18-20-22-24-26-27-28-29-30-32-34-36-38-40-42-44-46-48-51-61-53-55(54-63-65(59,60)62-52-50-57(3,4)5)64-56(58)49-47-45-43-41-39-37-35-33-31-25-23-21-19-17-15-13-11-9-7-2/h8,10,14,16,20,22,26-27,55H,6-7,9,11-13,15,17-19,21,23-25,28-54H2,1-5H3/b10-8-,16-14-,22-20-,27-26-. The predicted molar refractivity (Wildman–Crippen MR) is 277 cm³/mol. The van der Waals surface area contributed by atoms with E-state index < -0.39 is 13.9 Å². The number of hydrogen-bond donors (Lipinski definition) is 0. The van der Waals surface area contributed by atoms with Gasteiger partial charge in [-0.2, -0.15) is 0 Å². The van der Waals surface area contributed by atoms with Gasteiger partial charge in [-0.05, 0) is 51.4 Å². The molecule has 0 aromatic heterocycles. The summed E-state index contributed by atoms with van der Waals surface area (Å²) in [4.78, 5) is 25.2. The van der Waals surface area contributed by atoms with Crippen LogP contribution in [0.4, 0.5) is 0 Å². The number of rotatable bonds is 51. The van der Waals surface area contributed by atoms with E-state index in [2.05, 4.69) is 62.5 Å².